The summed E-state index contributed by atoms with van der Waals surface area (Å²) >= 11 is 0. The normalized spacial score (nSPS) is 18.1. The number of hydrogen-bond donors (Lipinski definition) is 1. The molecule has 1 unspecified atom stereocenters. The average Bonchev–Trinajstić information content (AvgIpc) is 2.82. The fraction of sp³-hybridized carbons (Fsp3) is 0.400. The summed E-state index contributed by atoms with van der Waals surface area (Å²) in [5, 5.41) is 14.2. The highest BCUT2D eigenvalue weighted by molar-refractivity contribution is 5.38. The van der Waals surface area contributed by atoms with Crippen LogP contribution in [0.25, 0.3) is 0 Å². The maximum Gasteiger partial charge on any atom is 0.132 e. The molecule has 4 heteroatoms. The lowest BCUT2D eigenvalue weighted by Crippen LogP contribution is -2.09. The molecule has 1 aliphatic rings. The summed E-state index contributed by atoms with van der Waals surface area (Å²) in [6.07, 6.45) is 4.52. The van der Waals surface area contributed by atoms with Crippen LogP contribution in [-0.4, -0.2) is 14.9 Å². The summed E-state index contributed by atoms with van der Waals surface area (Å²) in [7, 11) is 1.89. The van der Waals surface area contributed by atoms with Crippen LogP contribution in [0.15, 0.2) is 30.5 Å². The van der Waals surface area contributed by atoms with Crippen molar-refractivity contribution < 1.29 is 9.84 Å². The molecule has 1 atom stereocenters. The van der Waals surface area contributed by atoms with Crippen LogP contribution in [0.2, 0.25) is 0 Å². The first-order valence-corrected chi connectivity index (χ1v) is 6.64. The zero-order valence-corrected chi connectivity index (χ0v) is 11.0. The molecule has 1 aromatic heterocycles. The van der Waals surface area contributed by atoms with Crippen LogP contribution in [0.5, 0.6) is 5.75 Å². The lowest BCUT2D eigenvalue weighted by Gasteiger charge is -2.21. The highest BCUT2D eigenvalue weighted by Gasteiger charge is 2.18. The maximum absolute atomic E-state index is 9.91. The van der Waals surface area contributed by atoms with Gasteiger partial charge in [0.2, 0.25) is 0 Å². The summed E-state index contributed by atoms with van der Waals surface area (Å²) in [6, 6.07) is 7.89. The third kappa shape index (κ3) is 2.63. The Morgan fingerprint density at radius 2 is 2.32 bits per heavy atom. The number of benzene rings is 1. The van der Waals surface area contributed by atoms with Gasteiger partial charge in [0, 0.05) is 13.2 Å². The van der Waals surface area contributed by atoms with Crippen molar-refractivity contribution in [3.63, 3.8) is 0 Å². The summed E-state index contributed by atoms with van der Waals surface area (Å²) in [5.74, 6) is 0.846. The number of fused-ring (bicyclic) bond motifs is 1. The molecule has 1 N–H and O–H groups in total. The van der Waals surface area contributed by atoms with Crippen LogP contribution in [0, 0.1) is 0 Å². The molecular weight excluding hydrogens is 240 g/mol. The predicted octanol–water partition coefficient (Wildman–Crippen LogP) is 2.37. The highest BCUT2D eigenvalue weighted by atomic mass is 16.5. The van der Waals surface area contributed by atoms with E-state index in [0.29, 0.717) is 6.61 Å². The fourth-order valence-electron chi connectivity index (χ4n) is 2.55. The van der Waals surface area contributed by atoms with Gasteiger partial charge >= 0.3 is 0 Å². The van der Waals surface area contributed by atoms with Crippen LogP contribution >= 0.6 is 0 Å². The molecule has 0 aliphatic heterocycles. The Hall–Kier alpha value is -1.81. The maximum atomic E-state index is 9.91. The molecule has 19 heavy (non-hydrogen) atoms. The molecule has 0 saturated heterocycles. The van der Waals surface area contributed by atoms with E-state index < -0.39 is 0 Å². The van der Waals surface area contributed by atoms with E-state index in [0.717, 1.165) is 36.3 Å². The first kappa shape index (κ1) is 12.2. The number of aliphatic hydroxyl groups is 1. The Morgan fingerprint density at radius 1 is 1.42 bits per heavy atom. The number of ether oxygens (including phenoxy) is 1. The molecule has 1 heterocycles. The number of aromatic nitrogens is 2. The fourth-order valence-corrected chi connectivity index (χ4v) is 2.55. The summed E-state index contributed by atoms with van der Waals surface area (Å²) in [4.78, 5) is 0. The largest absolute Gasteiger partial charge is 0.487 e. The minimum Gasteiger partial charge on any atom is -0.487 e. The van der Waals surface area contributed by atoms with E-state index >= 15 is 0 Å². The molecule has 100 valence electrons. The number of hydrogen-bond acceptors (Lipinski definition) is 3. The second-order valence-electron chi connectivity index (χ2n) is 5.04. The molecule has 3 rings (SSSR count). The topological polar surface area (TPSA) is 47.3 Å². The molecule has 0 spiro atoms. The molecule has 1 aliphatic carbocycles. The Balaban J connectivity index is 1.72. The van der Waals surface area contributed by atoms with E-state index in [4.69, 9.17) is 4.74 Å². The van der Waals surface area contributed by atoms with Crippen LogP contribution in [0.4, 0.5) is 0 Å². The third-order valence-electron chi connectivity index (χ3n) is 3.55. The average molecular weight is 258 g/mol. The molecule has 0 radical (unpaired) electrons. The van der Waals surface area contributed by atoms with Gasteiger partial charge in [0.25, 0.3) is 0 Å². The molecular formula is C15H18N2O2. The number of aliphatic hydroxyl groups excluding tert-OH is 1. The van der Waals surface area contributed by atoms with Gasteiger partial charge < -0.3 is 9.84 Å². The zero-order valence-electron chi connectivity index (χ0n) is 11.0. The monoisotopic (exact) mass is 258 g/mol. The first-order chi connectivity index (χ1) is 9.22. The molecule has 2 aromatic rings. The smallest absolute Gasteiger partial charge is 0.132 e. The number of rotatable bonds is 3. The van der Waals surface area contributed by atoms with Crippen molar-refractivity contribution in [2.45, 2.75) is 32.0 Å². The van der Waals surface area contributed by atoms with Crippen LogP contribution in [0.1, 0.15) is 35.8 Å². The van der Waals surface area contributed by atoms with Crippen LogP contribution in [-0.2, 0) is 20.1 Å². The minimum absolute atomic E-state index is 0.311. The van der Waals surface area contributed by atoms with Crippen molar-refractivity contribution in [3.8, 4) is 5.75 Å². The predicted molar refractivity (Wildman–Crippen MR) is 71.9 cm³/mol. The lowest BCUT2D eigenvalue weighted by atomic mass is 9.89. The van der Waals surface area contributed by atoms with E-state index in [-0.39, 0.29) is 6.10 Å². The van der Waals surface area contributed by atoms with Crippen molar-refractivity contribution in [1.29, 1.82) is 0 Å². The van der Waals surface area contributed by atoms with E-state index in [1.807, 2.05) is 37.5 Å². The Labute approximate surface area is 112 Å². The Bertz CT molecular complexity index is 577. The third-order valence-corrected chi connectivity index (χ3v) is 3.55. The van der Waals surface area contributed by atoms with Gasteiger partial charge in [-0.2, -0.15) is 5.10 Å². The van der Waals surface area contributed by atoms with E-state index in [9.17, 15) is 5.11 Å². The van der Waals surface area contributed by atoms with Gasteiger partial charge in [-0.1, -0.05) is 6.07 Å². The van der Waals surface area contributed by atoms with Gasteiger partial charge in [0.1, 0.15) is 12.4 Å². The molecule has 0 amide bonds. The van der Waals surface area contributed by atoms with Gasteiger partial charge in [-0.05, 0) is 48.6 Å². The summed E-state index contributed by atoms with van der Waals surface area (Å²) in [6.45, 7) is 0.474. The second-order valence-corrected chi connectivity index (χ2v) is 5.04. The summed E-state index contributed by atoms with van der Waals surface area (Å²) < 4.78 is 7.52. The molecule has 1 aromatic carbocycles. The van der Waals surface area contributed by atoms with Crippen molar-refractivity contribution >= 4 is 0 Å². The van der Waals surface area contributed by atoms with Gasteiger partial charge in [0.15, 0.2) is 0 Å². The first-order valence-electron chi connectivity index (χ1n) is 6.64. The van der Waals surface area contributed by atoms with Crippen LogP contribution < -0.4 is 4.74 Å². The molecule has 4 nitrogen and oxygen atoms in total. The van der Waals surface area contributed by atoms with Gasteiger partial charge in [0.05, 0.1) is 11.8 Å². The molecule has 0 fully saturated rings. The Morgan fingerprint density at radius 3 is 3.11 bits per heavy atom. The van der Waals surface area contributed by atoms with Crippen LogP contribution in [0.3, 0.4) is 0 Å². The van der Waals surface area contributed by atoms with Crippen molar-refractivity contribution in [2.75, 3.05) is 0 Å². The minimum atomic E-state index is -0.311. The Kier molecular flexibility index (Phi) is 3.25. The number of aryl methyl sites for hydroxylation is 2. The summed E-state index contributed by atoms with van der Waals surface area (Å²) in [5.41, 5.74) is 3.17. The molecule has 0 saturated carbocycles. The van der Waals surface area contributed by atoms with Crippen molar-refractivity contribution in [3.05, 3.63) is 47.3 Å². The zero-order chi connectivity index (χ0) is 13.2. The highest BCUT2D eigenvalue weighted by Crippen LogP contribution is 2.32. The molecule has 0 bridgehead atoms. The SMILES string of the molecule is Cn1ccc(COc2ccc3c(c2)CCCC3O)n1. The van der Waals surface area contributed by atoms with E-state index in [1.165, 1.54) is 5.56 Å². The lowest BCUT2D eigenvalue weighted by molar-refractivity contribution is 0.156. The quantitative estimate of drug-likeness (QED) is 0.919. The van der Waals surface area contributed by atoms with Gasteiger partial charge in [-0.3, -0.25) is 4.68 Å². The van der Waals surface area contributed by atoms with Crippen molar-refractivity contribution in [1.82, 2.24) is 9.78 Å². The van der Waals surface area contributed by atoms with E-state index in [1.54, 1.807) is 4.68 Å². The second kappa shape index (κ2) is 5.05. The van der Waals surface area contributed by atoms with Gasteiger partial charge in [-0.15, -0.1) is 0 Å². The van der Waals surface area contributed by atoms with Crippen molar-refractivity contribution in [2.24, 2.45) is 7.05 Å². The van der Waals surface area contributed by atoms with Gasteiger partial charge in [-0.25, -0.2) is 0 Å². The van der Waals surface area contributed by atoms with E-state index in [2.05, 4.69) is 5.10 Å². The number of nitrogens with zero attached hydrogens (tertiary/aromatic N) is 2. The standard InChI is InChI=1S/C15H18N2O2/c1-17-8-7-12(16-17)10-19-13-5-6-14-11(9-13)3-2-4-15(14)18/h5-9,15,18H,2-4,10H2,1H3.